The number of nitro benzene ring substituents is 1. The van der Waals surface area contributed by atoms with E-state index in [1.165, 1.54) is 12.1 Å². The van der Waals surface area contributed by atoms with Crippen LogP contribution in [-0.2, 0) is 12.0 Å². The molecule has 0 bridgehead atoms. The first kappa shape index (κ1) is 15.7. The van der Waals surface area contributed by atoms with E-state index < -0.39 is 4.92 Å². The molecule has 0 saturated carbocycles. The average molecular weight is 326 g/mol. The Labute approximate surface area is 132 Å². The fraction of sp³-hybridized carbons (Fsp3) is 0.357. The first-order chi connectivity index (χ1) is 9.77. The molecule has 112 valence electrons. The quantitative estimate of drug-likeness (QED) is 0.658. The summed E-state index contributed by atoms with van der Waals surface area (Å²) in [4.78, 5) is 15.8. The molecular weight excluding hydrogens is 310 g/mol. The van der Waals surface area contributed by atoms with E-state index in [4.69, 9.17) is 11.6 Å². The molecular formula is C14H16ClN3O2S. The zero-order valence-electron chi connectivity index (χ0n) is 12.0. The molecule has 2 rings (SSSR count). The molecule has 1 aromatic heterocycles. The minimum absolute atomic E-state index is 0.0297. The summed E-state index contributed by atoms with van der Waals surface area (Å²) in [5.41, 5.74) is 0.597. The fourth-order valence-electron chi connectivity index (χ4n) is 1.69. The van der Waals surface area contributed by atoms with Gasteiger partial charge >= 0.3 is 0 Å². The molecule has 0 aliphatic rings. The van der Waals surface area contributed by atoms with Crippen molar-refractivity contribution in [3.8, 4) is 0 Å². The minimum atomic E-state index is -0.488. The molecule has 0 saturated heterocycles. The molecule has 2 aromatic rings. The Hall–Kier alpha value is -1.66. The second-order valence-corrected chi connectivity index (χ2v) is 7.18. The van der Waals surface area contributed by atoms with Crippen molar-refractivity contribution in [1.29, 1.82) is 0 Å². The van der Waals surface area contributed by atoms with Crippen LogP contribution in [0.2, 0.25) is 5.02 Å². The highest BCUT2D eigenvalue weighted by Crippen LogP contribution is 2.29. The van der Waals surface area contributed by atoms with Gasteiger partial charge in [-0.25, -0.2) is 4.98 Å². The summed E-state index contributed by atoms with van der Waals surface area (Å²) in [6.07, 6.45) is 1.84. The molecule has 0 unspecified atom stereocenters. The number of benzene rings is 1. The SMILES string of the molecule is CC(C)(C)c1ncc(CNc2ccc(Cl)c([N+](=O)[O-])c2)s1. The summed E-state index contributed by atoms with van der Waals surface area (Å²) < 4.78 is 0. The van der Waals surface area contributed by atoms with Crippen LogP contribution in [0.15, 0.2) is 24.4 Å². The number of nitro groups is 1. The average Bonchev–Trinajstić information content (AvgIpc) is 2.86. The lowest BCUT2D eigenvalue weighted by Crippen LogP contribution is -2.09. The second kappa shape index (κ2) is 5.99. The van der Waals surface area contributed by atoms with Crippen molar-refractivity contribution in [2.75, 3.05) is 5.32 Å². The van der Waals surface area contributed by atoms with Crippen LogP contribution < -0.4 is 5.32 Å². The lowest BCUT2D eigenvalue weighted by molar-refractivity contribution is -0.384. The van der Waals surface area contributed by atoms with E-state index in [1.54, 1.807) is 17.4 Å². The maximum atomic E-state index is 10.8. The third-order valence-corrected chi connectivity index (χ3v) is 4.55. The normalized spacial score (nSPS) is 11.4. The Morgan fingerprint density at radius 2 is 2.14 bits per heavy atom. The minimum Gasteiger partial charge on any atom is -0.380 e. The number of thiazole rings is 1. The number of nitrogens with one attached hydrogen (secondary N) is 1. The van der Waals surface area contributed by atoms with E-state index in [1.807, 2.05) is 6.20 Å². The summed E-state index contributed by atoms with van der Waals surface area (Å²) in [5.74, 6) is 0. The Morgan fingerprint density at radius 1 is 1.43 bits per heavy atom. The van der Waals surface area contributed by atoms with Crippen LogP contribution in [-0.4, -0.2) is 9.91 Å². The molecule has 7 heteroatoms. The van der Waals surface area contributed by atoms with Gasteiger partial charge in [0.2, 0.25) is 0 Å². The van der Waals surface area contributed by atoms with Gasteiger partial charge < -0.3 is 5.32 Å². The predicted molar refractivity (Wildman–Crippen MR) is 86.2 cm³/mol. The smallest absolute Gasteiger partial charge is 0.289 e. The molecule has 0 fully saturated rings. The van der Waals surface area contributed by atoms with Gasteiger partial charge in [0.15, 0.2) is 0 Å². The second-order valence-electron chi connectivity index (χ2n) is 5.66. The Bertz CT molecular complexity index is 664. The van der Waals surface area contributed by atoms with E-state index in [0.29, 0.717) is 12.2 Å². The molecule has 0 spiro atoms. The molecule has 0 atom stereocenters. The molecule has 1 N–H and O–H groups in total. The van der Waals surface area contributed by atoms with Crippen LogP contribution in [0.25, 0.3) is 0 Å². The summed E-state index contributed by atoms with van der Waals surface area (Å²) in [6.45, 7) is 6.93. The maximum Gasteiger partial charge on any atom is 0.289 e. The summed E-state index contributed by atoms with van der Waals surface area (Å²) >= 11 is 7.42. The first-order valence-electron chi connectivity index (χ1n) is 6.40. The summed E-state index contributed by atoms with van der Waals surface area (Å²) in [5, 5.41) is 15.2. The highest BCUT2D eigenvalue weighted by atomic mass is 35.5. The van der Waals surface area contributed by atoms with Crippen molar-refractivity contribution in [3.63, 3.8) is 0 Å². The Morgan fingerprint density at radius 3 is 2.71 bits per heavy atom. The van der Waals surface area contributed by atoms with Crippen molar-refractivity contribution < 1.29 is 4.92 Å². The molecule has 0 amide bonds. The van der Waals surface area contributed by atoms with Gasteiger partial charge in [-0.2, -0.15) is 0 Å². The number of rotatable bonds is 4. The van der Waals surface area contributed by atoms with E-state index in [9.17, 15) is 10.1 Å². The molecule has 1 heterocycles. The summed E-state index contributed by atoms with van der Waals surface area (Å²) in [7, 11) is 0. The van der Waals surface area contributed by atoms with Crippen molar-refractivity contribution in [2.24, 2.45) is 0 Å². The van der Waals surface area contributed by atoms with Gasteiger partial charge in [-0.15, -0.1) is 11.3 Å². The number of hydrogen-bond donors (Lipinski definition) is 1. The van der Waals surface area contributed by atoms with Crippen LogP contribution in [0.4, 0.5) is 11.4 Å². The number of nitrogens with zero attached hydrogens (tertiary/aromatic N) is 2. The molecule has 0 radical (unpaired) electrons. The van der Waals surface area contributed by atoms with Gasteiger partial charge in [0.1, 0.15) is 5.02 Å². The van der Waals surface area contributed by atoms with Gasteiger partial charge in [0, 0.05) is 28.2 Å². The third-order valence-electron chi connectivity index (χ3n) is 2.80. The maximum absolute atomic E-state index is 10.8. The topological polar surface area (TPSA) is 68.1 Å². The fourth-order valence-corrected chi connectivity index (χ4v) is 2.78. The Kier molecular flexibility index (Phi) is 4.49. The van der Waals surface area contributed by atoms with Crippen LogP contribution in [0.1, 0.15) is 30.7 Å². The van der Waals surface area contributed by atoms with E-state index in [0.717, 1.165) is 9.88 Å². The van der Waals surface area contributed by atoms with E-state index >= 15 is 0 Å². The highest BCUT2D eigenvalue weighted by molar-refractivity contribution is 7.11. The van der Waals surface area contributed by atoms with E-state index in [-0.39, 0.29) is 16.1 Å². The van der Waals surface area contributed by atoms with Gasteiger partial charge in [0.05, 0.1) is 16.5 Å². The predicted octanol–water partition coefficient (Wildman–Crippen LogP) is 4.61. The first-order valence-corrected chi connectivity index (χ1v) is 7.60. The monoisotopic (exact) mass is 325 g/mol. The highest BCUT2D eigenvalue weighted by Gasteiger charge is 2.18. The van der Waals surface area contributed by atoms with Gasteiger partial charge in [-0.3, -0.25) is 10.1 Å². The van der Waals surface area contributed by atoms with Crippen molar-refractivity contribution in [3.05, 3.63) is 49.4 Å². The molecule has 1 aromatic carbocycles. The van der Waals surface area contributed by atoms with Gasteiger partial charge in [0.25, 0.3) is 5.69 Å². The van der Waals surface area contributed by atoms with E-state index in [2.05, 4.69) is 31.1 Å². The van der Waals surface area contributed by atoms with Gasteiger partial charge in [-0.05, 0) is 12.1 Å². The zero-order chi connectivity index (χ0) is 15.6. The van der Waals surface area contributed by atoms with Crippen molar-refractivity contribution in [2.45, 2.75) is 32.7 Å². The lowest BCUT2D eigenvalue weighted by atomic mass is 9.98. The summed E-state index contributed by atoms with van der Waals surface area (Å²) in [6, 6.07) is 4.68. The van der Waals surface area contributed by atoms with Crippen LogP contribution >= 0.6 is 22.9 Å². The number of hydrogen-bond acceptors (Lipinski definition) is 5. The third kappa shape index (κ3) is 3.92. The van der Waals surface area contributed by atoms with Crippen molar-refractivity contribution in [1.82, 2.24) is 4.98 Å². The van der Waals surface area contributed by atoms with Crippen LogP contribution in [0.5, 0.6) is 0 Å². The molecule has 5 nitrogen and oxygen atoms in total. The number of aromatic nitrogens is 1. The largest absolute Gasteiger partial charge is 0.380 e. The molecule has 0 aliphatic heterocycles. The molecule has 0 aliphatic carbocycles. The number of halogens is 1. The zero-order valence-corrected chi connectivity index (χ0v) is 13.6. The number of anilines is 1. The van der Waals surface area contributed by atoms with Crippen LogP contribution in [0.3, 0.4) is 0 Å². The molecule has 21 heavy (non-hydrogen) atoms. The standard InChI is InChI=1S/C14H16ClN3O2S/c1-14(2,3)13-17-8-10(21-13)7-16-9-4-5-11(15)12(6-9)18(19)20/h4-6,8,16H,7H2,1-3H3. The van der Waals surface area contributed by atoms with Gasteiger partial charge in [-0.1, -0.05) is 32.4 Å². The Balaban J connectivity index is 2.08. The van der Waals surface area contributed by atoms with Crippen molar-refractivity contribution >= 4 is 34.3 Å². The van der Waals surface area contributed by atoms with Crippen LogP contribution in [0, 0.1) is 10.1 Å². The lowest BCUT2D eigenvalue weighted by Gasteiger charge is -2.13.